The van der Waals surface area contributed by atoms with Crippen molar-refractivity contribution < 1.29 is 0 Å². The van der Waals surface area contributed by atoms with Gasteiger partial charge in [0.05, 0.1) is 10.7 Å². The fraction of sp³-hybridized carbons (Fsp3) is 0.0625. The summed E-state index contributed by atoms with van der Waals surface area (Å²) in [6, 6.07) is 15.7. The Morgan fingerprint density at radius 2 is 1.80 bits per heavy atom. The van der Waals surface area contributed by atoms with Crippen molar-refractivity contribution in [2.24, 2.45) is 10.2 Å². The van der Waals surface area contributed by atoms with Crippen molar-refractivity contribution in [2.45, 2.75) is 6.92 Å². The standard InChI is InChI=1S/C16H12ClN3/c1-11-14-5-3-2-4-12(14)6-8-15(11)19-20-16-9-7-13(17)10-18-16/h2-10H,1H3. The molecule has 0 saturated carbocycles. The van der Waals surface area contributed by atoms with E-state index in [0.29, 0.717) is 10.8 Å². The van der Waals surface area contributed by atoms with E-state index in [1.54, 1.807) is 18.3 Å². The molecule has 0 N–H and O–H groups in total. The number of hydrogen-bond donors (Lipinski definition) is 0. The molecule has 4 heteroatoms. The van der Waals surface area contributed by atoms with Gasteiger partial charge in [-0.25, -0.2) is 4.98 Å². The van der Waals surface area contributed by atoms with Gasteiger partial charge in [0, 0.05) is 6.20 Å². The molecule has 2 aromatic carbocycles. The van der Waals surface area contributed by atoms with Crippen molar-refractivity contribution >= 4 is 33.9 Å². The number of benzene rings is 2. The number of rotatable bonds is 2. The summed E-state index contributed by atoms with van der Waals surface area (Å²) in [7, 11) is 0. The molecule has 0 unspecified atom stereocenters. The Morgan fingerprint density at radius 1 is 0.950 bits per heavy atom. The molecule has 0 aliphatic heterocycles. The Morgan fingerprint density at radius 3 is 2.60 bits per heavy atom. The van der Waals surface area contributed by atoms with Gasteiger partial charge in [0.1, 0.15) is 0 Å². The molecule has 0 fully saturated rings. The summed E-state index contributed by atoms with van der Waals surface area (Å²) in [5, 5.41) is 11.4. The number of aryl methyl sites for hydroxylation is 1. The van der Waals surface area contributed by atoms with Crippen molar-refractivity contribution in [3.63, 3.8) is 0 Å². The van der Waals surface area contributed by atoms with Crippen molar-refractivity contribution in [3.8, 4) is 0 Å². The van der Waals surface area contributed by atoms with Crippen molar-refractivity contribution in [2.75, 3.05) is 0 Å². The van der Waals surface area contributed by atoms with Crippen LogP contribution >= 0.6 is 11.6 Å². The van der Waals surface area contributed by atoms with Crippen LogP contribution in [0.2, 0.25) is 5.02 Å². The summed E-state index contributed by atoms with van der Waals surface area (Å²) < 4.78 is 0. The first kappa shape index (κ1) is 12.8. The lowest BCUT2D eigenvalue weighted by atomic mass is 10.0. The monoisotopic (exact) mass is 281 g/mol. The number of nitrogens with zero attached hydrogens (tertiary/aromatic N) is 3. The quantitative estimate of drug-likeness (QED) is 0.562. The third-order valence-electron chi connectivity index (χ3n) is 3.14. The molecule has 1 aromatic heterocycles. The van der Waals surface area contributed by atoms with E-state index in [-0.39, 0.29) is 0 Å². The molecule has 98 valence electrons. The van der Waals surface area contributed by atoms with Gasteiger partial charge in [0.15, 0.2) is 5.82 Å². The van der Waals surface area contributed by atoms with Crippen molar-refractivity contribution in [1.82, 2.24) is 4.98 Å². The number of fused-ring (bicyclic) bond motifs is 1. The van der Waals surface area contributed by atoms with E-state index in [4.69, 9.17) is 11.6 Å². The molecule has 0 amide bonds. The Hall–Kier alpha value is -2.26. The highest BCUT2D eigenvalue weighted by molar-refractivity contribution is 6.30. The first-order valence-electron chi connectivity index (χ1n) is 6.26. The van der Waals surface area contributed by atoms with Gasteiger partial charge in [-0.3, -0.25) is 0 Å². The normalized spacial score (nSPS) is 11.3. The molecule has 0 atom stereocenters. The first-order valence-corrected chi connectivity index (χ1v) is 6.63. The molecule has 3 aromatic rings. The Balaban J connectivity index is 1.98. The second-order valence-corrected chi connectivity index (χ2v) is 4.90. The highest BCUT2D eigenvalue weighted by Crippen LogP contribution is 2.28. The minimum atomic E-state index is 0.543. The van der Waals surface area contributed by atoms with Gasteiger partial charge < -0.3 is 0 Å². The van der Waals surface area contributed by atoms with Gasteiger partial charge in [-0.2, -0.15) is 0 Å². The molecular formula is C16H12ClN3. The topological polar surface area (TPSA) is 37.6 Å². The second kappa shape index (κ2) is 5.39. The van der Waals surface area contributed by atoms with Crippen LogP contribution in [0.3, 0.4) is 0 Å². The van der Waals surface area contributed by atoms with E-state index < -0.39 is 0 Å². The van der Waals surface area contributed by atoms with Crippen LogP contribution in [0.1, 0.15) is 5.56 Å². The van der Waals surface area contributed by atoms with Crippen LogP contribution in [0.5, 0.6) is 0 Å². The molecular weight excluding hydrogens is 270 g/mol. The zero-order chi connectivity index (χ0) is 13.9. The highest BCUT2D eigenvalue weighted by atomic mass is 35.5. The molecule has 0 aliphatic carbocycles. The van der Waals surface area contributed by atoms with Gasteiger partial charge in [0.25, 0.3) is 0 Å². The number of halogens is 1. The lowest BCUT2D eigenvalue weighted by molar-refractivity contribution is 1.15. The van der Waals surface area contributed by atoms with E-state index in [2.05, 4.69) is 27.3 Å². The smallest absolute Gasteiger partial charge is 0.174 e. The SMILES string of the molecule is Cc1c(N=Nc2ccc(Cl)cn2)ccc2ccccc12. The maximum atomic E-state index is 5.78. The zero-order valence-electron chi connectivity index (χ0n) is 10.9. The van der Waals surface area contributed by atoms with E-state index in [0.717, 1.165) is 11.3 Å². The highest BCUT2D eigenvalue weighted by Gasteiger charge is 2.02. The molecule has 0 spiro atoms. The van der Waals surface area contributed by atoms with Gasteiger partial charge in [-0.1, -0.05) is 41.9 Å². The molecule has 3 rings (SSSR count). The predicted octanol–water partition coefficient (Wildman–Crippen LogP) is 5.61. The molecule has 1 heterocycles. The number of hydrogen-bond acceptors (Lipinski definition) is 3. The minimum absolute atomic E-state index is 0.543. The Kier molecular flexibility index (Phi) is 3.44. The summed E-state index contributed by atoms with van der Waals surface area (Å²) in [5.41, 5.74) is 1.96. The molecule has 20 heavy (non-hydrogen) atoms. The molecule has 0 radical (unpaired) electrons. The minimum Gasteiger partial charge on any atom is -0.234 e. The third-order valence-corrected chi connectivity index (χ3v) is 3.37. The van der Waals surface area contributed by atoms with Crippen LogP contribution in [0.25, 0.3) is 10.8 Å². The van der Waals surface area contributed by atoms with Crippen LogP contribution in [0, 0.1) is 6.92 Å². The van der Waals surface area contributed by atoms with E-state index in [1.807, 2.05) is 31.2 Å². The number of pyridine rings is 1. The fourth-order valence-corrected chi connectivity index (χ4v) is 2.17. The number of aromatic nitrogens is 1. The van der Waals surface area contributed by atoms with Crippen LogP contribution in [0.4, 0.5) is 11.5 Å². The molecule has 0 bridgehead atoms. The van der Waals surface area contributed by atoms with Gasteiger partial charge in [0.2, 0.25) is 0 Å². The van der Waals surface area contributed by atoms with Crippen molar-refractivity contribution in [1.29, 1.82) is 0 Å². The summed E-state index contributed by atoms with van der Waals surface area (Å²) in [4.78, 5) is 4.09. The van der Waals surface area contributed by atoms with Crippen molar-refractivity contribution in [3.05, 3.63) is 65.3 Å². The van der Waals surface area contributed by atoms with E-state index in [9.17, 15) is 0 Å². The van der Waals surface area contributed by atoms with Gasteiger partial charge >= 0.3 is 0 Å². The molecule has 3 nitrogen and oxygen atoms in total. The predicted molar refractivity (Wildman–Crippen MR) is 82.1 cm³/mol. The number of azo groups is 1. The van der Waals surface area contributed by atoms with E-state index in [1.165, 1.54) is 10.8 Å². The lowest BCUT2D eigenvalue weighted by Gasteiger charge is -2.04. The van der Waals surface area contributed by atoms with Gasteiger partial charge in [-0.05, 0) is 41.5 Å². The van der Waals surface area contributed by atoms with Crippen LogP contribution in [-0.4, -0.2) is 4.98 Å². The van der Waals surface area contributed by atoms with Crippen LogP contribution in [-0.2, 0) is 0 Å². The first-order chi connectivity index (χ1) is 9.74. The summed E-state index contributed by atoms with van der Waals surface area (Å²) in [5.74, 6) is 0.543. The maximum Gasteiger partial charge on any atom is 0.174 e. The zero-order valence-corrected chi connectivity index (χ0v) is 11.7. The van der Waals surface area contributed by atoms with E-state index >= 15 is 0 Å². The Labute approximate surface area is 122 Å². The summed E-state index contributed by atoms with van der Waals surface area (Å²) >= 11 is 5.78. The Bertz CT molecular complexity index is 779. The fourth-order valence-electron chi connectivity index (χ4n) is 2.06. The molecule has 0 aliphatic rings. The van der Waals surface area contributed by atoms with Crippen LogP contribution < -0.4 is 0 Å². The van der Waals surface area contributed by atoms with Crippen LogP contribution in [0.15, 0.2) is 65.0 Å². The largest absolute Gasteiger partial charge is 0.234 e. The third kappa shape index (κ3) is 2.53. The lowest BCUT2D eigenvalue weighted by Crippen LogP contribution is -1.79. The molecule has 0 saturated heterocycles. The van der Waals surface area contributed by atoms with Gasteiger partial charge in [-0.15, -0.1) is 10.2 Å². The maximum absolute atomic E-state index is 5.78. The summed E-state index contributed by atoms with van der Waals surface area (Å²) in [6.45, 7) is 2.05. The summed E-state index contributed by atoms with van der Waals surface area (Å²) in [6.07, 6.45) is 1.56. The second-order valence-electron chi connectivity index (χ2n) is 4.47. The average molecular weight is 282 g/mol. The average Bonchev–Trinajstić information content (AvgIpc) is 2.49.